The quantitative estimate of drug-likeness (QED) is 0.544. The molecule has 0 aliphatic carbocycles. The van der Waals surface area contributed by atoms with Gasteiger partial charge in [-0.05, 0) is 26.0 Å². The van der Waals surface area contributed by atoms with Crippen LogP contribution in [0, 0.1) is 0 Å². The van der Waals surface area contributed by atoms with Crippen LogP contribution in [0.15, 0.2) is 70.8 Å². The molecule has 1 aromatic carbocycles. The maximum absolute atomic E-state index is 12.4. The van der Waals surface area contributed by atoms with Crippen LogP contribution in [0.4, 0.5) is 0 Å². The van der Waals surface area contributed by atoms with E-state index in [1.165, 1.54) is 6.92 Å². The number of hydrogen-bond acceptors (Lipinski definition) is 6. The molecule has 0 saturated heterocycles. The highest BCUT2D eigenvalue weighted by atomic mass is 16.5. The number of benzene rings is 1. The van der Waals surface area contributed by atoms with Gasteiger partial charge in [-0.25, -0.2) is 14.5 Å². The van der Waals surface area contributed by atoms with E-state index in [1.807, 2.05) is 36.4 Å². The summed E-state index contributed by atoms with van der Waals surface area (Å²) in [4.78, 5) is 21.6. The molecule has 0 fully saturated rings. The summed E-state index contributed by atoms with van der Waals surface area (Å²) in [6.07, 6.45) is 3.16. The van der Waals surface area contributed by atoms with E-state index in [9.17, 15) is 4.79 Å². The molecule has 7 heteroatoms. The lowest BCUT2D eigenvalue weighted by molar-refractivity contribution is -0.114. The molecule has 0 spiro atoms. The largest absolute Gasteiger partial charge is 0.468 e. The van der Waals surface area contributed by atoms with Gasteiger partial charge in [-0.1, -0.05) is 30.3 Å². The van der Waals surface area contributed by atoms with E-state index in [0.29, 0.717) is 40.0 Å². The van der Waals surface area contributed by atoms with Gasteiger partial charge < -0.3 is 9.15 Å². The topological polar surface area (TPSA) is 82.5 Å². The average Bonchev–Trinajstić information content (AvgIpc) is 3.37. The van der Waals surface area contributed by atoms with Crippen molar-refractivity contribution >= 4 is 11.4 Å². The number of hydrogen-bond donors (Lipinski definition) is 0. The predicted molar refractivity (Wildman–Crippen MR) is 101 cm³/mol. The minimum Gasteiger partial charge on any atom is -0.468 e. The van der Waals surface area contributed by atoms with Gasteiger partial charge in [0.25, 0.3) is 0 Å². The summed E-state index contributed by atoms with van der Waals surface area (Å²) in [6, 6.07) is 13.3. The van der Waals surface area contributed by atoms with Crippen molar-refractivity contribution in [3.8, 4) is 17.3 Å². The number of nitrogens with zero attached hydrogens (tertiary/aromatic N) is 4. The SMILES string of the molecule is CC(=O)C1=C(C)Oc2ncn3nc(-c4ccccc4)nc3c2[C@@H]1c1ccco1. The number of rotatable bonds is 3. The average molecular weight is 372 g/mol. The van der Waals surface area contributed by atoms with Gasteiger partial charge in [0.2, 0.25) is 5.88 Å². The third kappa shape index (κ3) is 2.44. The van der Waals surface area contributed by atoms with Crippen molar-refractivity contribution in [2.75, 3.05) is 0 Å². The van der Waals surface area contributed by atoms with Crippen molar-refractivity contribution in [3.05, 3.63) is 77.7 Å². The molecule has 3 aromatic heterocycles. The third-order valence-electron chi connectivity index (χ3n) is 4.83. The second kappa shape index (κ2) is 6.16. The highest BCUT2D eigenvalue weighted by Gasteiger charge is 2.37. The lowest BCUT2D eigenvalue weighted by Gasteiger charge is -2.26. The van der Waals surface area contributed by atoms with Gasteiger partial charge in [-0.3, -0.25) is 4.79 Å². The lowest BCUT2D eigenvalue weighted by Crippen LogP contribution is -2.21. The van der Waals surface area contributed by atoms with E-state index < -0.39 is 5.92 Å². The van der Waals surface area contributed by atoms with Crippen molar-refractivity contribution in [2.45, 2.75) is 19.8 Å². The monoisotopic (exact) mass is 372 g/mol. The molecule has 1 atom stereocenters. The van der Waals surface area contributed by atoms with Gasteiger partial charge in [0.05, 0.1) is 17.7 Å². The van der Waals surface area contributed by atoms with E-state index in [1.54, 1.807) is 30.1 Å². The van der Waals surface area contributed by atoms with Crippen LogP contribution >= 0.6 is 0 Å². The Labute approximate surface area is 160 Å². The maximum Gasteiger partial charge on any atom is 0.228 e. The highest BCUT2D eigenvalue weighted by Crippen LogP contribution is 2.44. The molecule has 138 valence electrons. The number of ether oxygens (including phenoxy) is 1. The smallest absolute Gasteiger partial charge is 0.228 e. The molecule has 0 radical (unpaired) electrons. The molecule has 0 N–H and O–H groups in total. The summed E-state index contributed by atoms with van der Waals surface area (Å²) in [7, 11) is 0. The second-order valence-electron chi connectivity index (χ2n) is 6.61. The molecule has 0 unspecified atom stereocenters. The van der Waals surface area contributed by atoms with E-state index in [2.05, 4.69) is 10.1 Å². The Kier molecular flexibility index (Phi) is 3.61. The first kappa shape index (κ1) is 16.4. The molecule has 5 rings (SSSR count). The van der Waals surface area contributed by atoms with Crippen LogP contribution in [-0.4, -0.2) is 25.4 Å². The second-order valence-corrected chi connectivity index (χ2v) is 6.61. The molecule has 0 saturated carbocycles. The summed E-state index contributed by atoms with van der Waals surface area (Å²) in [6.45, 7) is 3.29. The molecule has 1 aliphatic heterocycles. The number of carbonyl (C=O) groups excluding carboxylic acids is 1. The standard InChI is InChI=1S/C21H16N4O3/c1-12(26)16-13(2)28-21-18(17(16)15-9-6-10-27-15)20-23-19(24-25(20)11-22-21)14-7-4-3-5-8-14/h3-11,17H,1-2H3/t17-/m1/s1. The number of fused-ring (bicyclic) bond motifs is 3. The molecule has 28 heavy (non-hydrogen) atoms. The van der Waals surface area contributed by atoms with Gasteiger partial charge in [-0.2, -0.15) is 0 Å². The summed E-state index contributed by atoms with van der Waals surface area (Å²) in [5.41, 5.74) is 2.67. The normalized spacial score (nSPS) is 16.1. The number of allylic oxidation sites excluding steroid dienone is 2. The van der Waals surface area contributed by atoms with Crippen molar-refractivity contribution in [1.29, 1.82) is 0 Å². The highest BCUT2D eigenvalue weighted by molar-refractivity contribution is 5.97. The maximum atomic E-state index is 12.4. The number of aromatic nitrogens is 4. The van der Waals surface area contributed by atoms with E-state index >= 15 is 0 Å². The zero-order valence-corrected chi connectivity index (χ0v) is 15.3. The minimum absolute atomic E-state index is 0.0886. The summed E-state index contributed by atoms with van der Waals surface area (Å²) < 4.78 is 13.2. The van der Waals surface area contributed by atoms with E-state index in [0.717, 1.165) is 5.56 Å². The number of carbonyl (C=O) groups is 1. The van der Waals surface area contributed by atoms with Crippen LogP contribution in [0.3, 0.4) is 0 Å². The fraction of sp³-hybridized carbons (Fsp3) is 0.143. The van der Waals surface area contributed by atoms with Crippen molar-refractivity contribution in [1.82, 2.24) is 19.6 Å². The summed E-state index contributed by atoms with van der Waals surface area (Å²) in [5, 5.41) is 4.55. The molecule has 0 amide bonds. The summed E-state index contributed by atoms with van der Waals surface area (Å²) in [5.74, 6) is 1.58. The Morgan fingerprint density at radius 1 is 1.14 bits per heavy atom. The molecule has 0 bridgehead atoms. The molecule has 1 aliphatic rings. The van der Waals surface area contributed by atoms with Crippen LogP contribution in [0.25, 0.3) is 17.0 Å². The lowest BCUT2D eigenvalue weighted by atomic mass is 9.85. The van der Waals surface area contributed by atoms with Crippen LogP contribution in [-0.2, 0) is 4.79 Å². The van der Waals surface area contributed by atoms with Gasteiger partial charge >= 0.3 is 0 Å². The number of ketones is 1. The van der Waals surface area contributed by atoms with Crippen LogP contribution < -0.4 is 4.74 Å². The molecular formula is C21H16N4O3. The fourth-order valence-corrected chi connectivity index (χ4v) is 3.64. The predicted octanol–water partition coefficient (Wildman–Crippen LogP) is 3.77. The van der Waals surface area contributed by atoms with Crippen molar-refractivity contribution in [3.63, 3.8) is 0 Å². The van der Waals surface area contributed by atoms with E-state index in [-0.39, 0.29) is 5.78 Å². The first-order valence-electron chi connectivity index (χ1n) is 8.87. The first-order chi connectivity index (χ1) is 13.6. The Bertz CT molecular complexity index is 1220. The first-order valence-corrected chi connectivity index (χ1v) is 8.87. The minimum atomic E-state index is -0.458. The van der Waals surface area contributed by atoms with Gasteiger partial charge in [0.15, 0.2) is 17.3 Å². The zero-order valence-electron chi connectivity index (χ0n) is 15.3. The Balaban J connectivity index is 1.79. The number of Topliss-reactive ketones (excluding diaryl/α,β-unsaturated/α-hetero) is 1. The van der Waals surface area contributed by atoms with Crippen LogP contribution in [0.1, 0.15) is 31.1 Å². The molecular weight excluding hydrogens is 356 g/mol. The third-order valence-corrected chi connectivity index (χ3v) is 4.83. The van der Waals surface area contributed by atoms with Crippen LogP contribution in [0.5, 0.6) is 5.88 Å². The Hall–Kier alpha value is -3.74. The van der Waals surface area contributed by atoms with Gasteiger partial charge in [0.1, 0.15) is 17.8 Å². The summed E-state index contributed by atoms with van der Waals surface area (Å²) >= 11 is 0. The van der Waals surface area contributed by atoms with Crippen LogP contribution in [0.2, 0.25) is 0 Å². The van der Waals surface area contributed by atoms with Crippen molar-refractivity contribution < 1.29 is 13.9 Å². The van der Waals surface area contributed by atoms with Crippen molar-refractivity contribution in [2.24, 2.45) is 0 Å². The Morgan fingerprint density at radius 2 is 1.96 bits per heavy atom. The zero-order chi connectivity index (χ0) is 19.3. The molecule has 7 nitrogen and oxygen atoms in total. The van der Waals surface area contributed by atoms with Gasteiger partial charge in [-0.15, -0.1) is 5.10 Å². The number of furan rings is 1. The van der Waals surface area contributed by atoms with Gasteiger partial charge in [0, 0.05) is 11.1 Å². The Morgan fingerprint density at radius 3 is 2.68 bits per heavy atom. The molecule has 4 aromatic rings. The fourth-order valence-electron chi connectivity index (χ4n) is 3.64. The molecule has 4 heterocycles. The van der Waals surface area contributed by atoms with E-state index in [4.69, 9.17) is 14.1 Å².